The molecule has 4 nitrogen and oxygen atoms in total. The fourth-order valence-corrected chi connectivity index (χ4v) is 3.17. The molecule has 1 aromatic carbocycles. The van der Waals surface area contributed by atoms with E-state index in [1.807, 2.05) is 19.9 Å². The maximum Gasteiger partial charge on any atom is 0.241 e. The lowest BCUT2D eigenvalue weighted by molar-refractivity contribution is 0.342. The molecule has 0 atom stereocenters. The molecule has 0 fully saturated rings. The number of hydrogen-bond acceptors (Lipinski definition) is 3. The quantitative estimate of drug-likeness (QED) is 0.753. The fourth-order valence-electron chi connectivity index (χ4n) is 1.71. The SMILES string of the molecule is CC(C)(CC/C=C/CO)NS(=O)(=O)c1ccccc1. The van der Waals surface area contributed by atoms with Gasteiger partial charge in [-0.3, -0.25) is 0 Å². The average Bonchev–Trinajstić information content (AvgIpc) is 2.35. The van der Waals surface area contributed by atoms with Crippen LogP contribution >= 0.6 is 0 Å². The van der Waals surface area contributed by atoms with Crippen LogP contribution in [0, 0.1) is 0 Å². The molecule has 0 bridgehead atoms. The molecule has 1 rings (SSSR count). The number of nitrogens with one attached hydrogen (secondary N) is 1. The van der Waals surface area contributed by atoms with E-state index < -0.39 is 15.6 Å². The third-order valence-electron chi connectivity index (χ3n) is 2.67. The van der Waals surface area contributed by atoms with Crippen molar-refractivity contribution in [2.24, 2.45) is 0 Å². The van der Waals surface area contributed by atoms with Crippen molar-refractivity contribution in [3.63, 3.8) is 0 Å². The van der Waals surface area contributed by atoms with Crippen molar-refractivity contribution in [3.8, 4) is 0 Å². The summed E-state index contributed by atoms with van der Waals surface area (Å²) in [6.45, 7) is 3.71. The van der Waals surface area contributed by atoms with Gasteiger partial charge in [0, 0.05) is 5.54 Å². The summed E-state index contributed by atoms with van der Waals surface area (Å²) < 4.78 is 27.0. The van der Waals surface area contributed by atoms with E-state index in [4.69, 9.17) is 5.11 Å². The standard InChI is InChI=1S/C14H21NO3S/c1-14(2,11-7-4-8-12-16)15-19(17,18)13-9-5-3-6-10-13/h3-6,8-10,15-16H,7,11-12H2,1-2H3/b8-4+. The molecule has 0 aromatic heterocycles. The van der Waals surface area contributed by atoms with Gasteiger partial charge in [0.1, 0.15) is 0 Å². The Hall–Kier alpha value is -1.17. The number of hydrogen-bond donors (Lipinski definition) is 2. The summed E-state index contributed by atoms with van der Waals surface area (Å²) in [5.41, 5.74) is -0.533. The average molecular weight is 283 g/mol. The number of sulfonamides is 1. The number of aliphatic hydroxyl groups is 1. The van der Waals surface area contributed by atoms with Crippen molar-refractivity contribution in [1.29, 1.82) is 0 Å². The summed E-state index contributed by atoms with van der Waals surface area (Å²) in [5, 5.41) is 8.63. The summed E-state index contributed by atoms with van der Waals surface area (Å²) in [6, 6.07) is 8.33. The minimum atomic E-state index is -3.48. The van der Waals surface area contributed by atoms with E-state index in [2.05, 4.69) is 4.72 Å². The van der Waals surface area contributed by atoms with Crippen LogP contribution in [-0.2, 0) is 10.0 Å². The second-order valence-electron chi connectivity index (χ2n) is 5.00. The highest BCUT2D eigenvalue weighted by molar-refractivity contribution is 7.89. The molecule has 19 heavy (non-hydrogen) atoms. The molecule has 0 amide bonds. The summed E-state index contributed by atoms with van der Waals surface area (Å²) in [5.74, 6) is 0. The van der Waals surface area contributed by atoms with E-state index in [9.17, 15) is 8.42 Å². The van der Waals surface area contributed by atoms with Crippen molar-refractivity contribution in [2.75, 3.05) is 6.61 Å². The second-order valence-corrected chi connectivity index (χ2v) is 6.68. The van der Waals surface area contributed by atoms with Crippen molar-refractivity contribution in [3.05, 3.63) is 42.5 Å². The molecule has 0 unspecified atom stereocenters. The monoisotopic (exact) mass is 283 g/mol. The van der Waals surface area contributed by atoms with Gasteiger partial charge in [0.2, 0.25) is 10.0 Å². The predicted octanol–water partition coefficient (Wildman–Crippen LogP) is 2.07. The minimum absolute atomic E-state index is 0.0101. The summed E-state index contributed by atoms with van der Waals surface area (Å²) >= 11 is 0. The molecular weight excluding hydrogens is 262 g/mol. The van der Waals surface area contributed by atoms with Crippen molar-refractivity contribution in [2.45, 2.75) is 37.1 Å². The fraction of sp³-hybridized carbons (Fsp3) is 0.429. The van der Waals surface area contributed by atoms with Crippen LogP contribution in [0.3, 0.4) is 0 Å². The molecule has 0 aliphatic heterocycles. The van der Waals surface area contributed by atoms with E-state index in [0.29, 0.717) is 12.8 Å². The van der Waals surface area contributed by atoms with E-state index in [-0.39, 0.29) is 11.5 Å². The molecule has 5 heteroatoms. The van der Waals surface area contributed by atoms with Crippen LogP contribution in [0.5, 0.6) is 0 Å². The van der Waals surface area contributed by atoms with Crippen molar-refractivity contribution in [1.82, 2.24) is 4.72 Å². The lowest BCUT2D eigenvalue weighted by Gasteiger charge is -2.25. The Morgan fingerprint density at radius 1 is 1.21 bits per heavy atom. The van der Waals surface area contributed by atoms with E-state index in [1.54, 1.807) is 36.4 Å². The van der Waals surface area contributed by atoms with Gasteiger partial charge < -0.3 is 5.11 Å². The van der Waals surface area contributed by atoms with Gasteiger partial charge in [-0.25, -0.2) is 13.1 Å². The molecule has 0 radical (unpaired) electrons. The zero-order chi connectivity index (χ0) is 14.4. The van der Waals surface area contributed by atoms with Gasteiger partial charge in [-0.2, -0.15) is 0 Å². The van der Waals surface area contributed by atoms with Crippen LogP contribution in [0.4, 0.5) is 0 Å². The molecule has 106 valence electrons. The van der Waals surface area contributed by atoms with Crippen LogP contribution in [0.25, 0.3) is 0 Å². The smallest absolute Gasteiger partial charge is 0.241 e. The van der Waals surface area contributed by atoms with Crippen LogP contribution in [0.1, 0.15) is 26.7 Å². The number of aliphatic hydroxyl groups excluding tert-OH is 1. The number of allylic oxidation sites excluding steroid dienone is 1. The Labute approximate surface area is 115 Å². The zero-order valence-corrected chi connectivity index (χ0v) is 12.2. The first-order chi connectivity index (χ1) is 8.87. The highest BCUT2D eigenvalue weighted by Crippen LogP contribution is 2.17. The molecule has 0 heterocycles. The van der Waals surface area contributed by atoms with Gasteiger partial charge in [-0.05, 0) is 38.8 Å². The summed E-state index contributed by atoms with van der Waals surface area (Å²) in [4.78, 5) is 0.272. The van der Waals surface area contributed by atoms with E-state index >= 15 is 0 Å². The minimum Gasteiger partial charge on any atom is -0.392 e. The zero-order valence-electron chi connectivity index (χ0n) is 11.3. The maximum absolute atomic E-state index is 12.2. The van der Waals surface area contributed by atoms with E-state index in [1.165, 1.54) is 0 Å². The van der Waals surface area contributed by atoms with Crippen LogP contribution < -0.4 is 4.72 Å². The van der Waals surface area contributed by atoms with Gasteiger partial charge in [-0.1, -0.05) is 30.4 Å². The van der Waals surface area contributed by atoms with Gasteiger partial charge >= 0.3 is 0 Å². The normalized spacial score (nSPS) is 13.0. The first-order valence-corrected chi connectivity index (χ1v) is 7.71. The predicted molar refractivity (Wildman–Crippen MR) is 76.3 cm³/mol. The maximum atomic E-state index is 12.2. The lowest BCUT2D eigenvalue weighted by Crippen LogP contribution is -2.43. The van der Waals surface area contributed by atoms with Gasteiger partial charge in [0.25, 0.3) is 0 Å². The molecular formula is C14H21NO3S. The molecule has 0 aliphatic rings. The van der Waals surface area contributed by atoms with Gasteiger partial charge in [0.05, 0.1) is 11.5 Å². The highest BCUT2D eigenvalue weighted by atomic mass is 32.2. The second kappa shape index (κ2) is 6.84. The Kier molecular flexibility index (Phi) is 5.72. The molecule has 0 saturated heterocycles. The lowest BCUT2D eigenvalue weighted by atomic mass is 10.00. The molecule has 0 spiro atoms. The largest absolute Gasteiger partial charge is 0.392 e. The van der Waals surface area contributed by atoms with Gasteiger partial charge in [0.15, 0.2) is 0 Å². The number of rotatable bonds is 7. The number of benzene rings is 1. The Bertz CT molecular complexity index is 507. The summed E-state index contributed by atoms with van der Waals surface area (Å²) in [6.07, 6.45) is 4.88. The first-order valence-electron chi connectivity index (χ1n) is 6.22. The molecule has 0 aliphatic carbocycles. The van der Waals surface area contributed by atoms with Crippen LogP contribution in [-0.4, -0.2) is 25.7 Å². The molecule has 0 saturated carbocycles. The third kappa shape index (κ3) is 5.55. The molecule has 1 aromatic rings. The third-order valence-corrected chi connectivity index (χ3v) is 4.39. The summed E-state index contributed by atoms with van der Waals surface area (Å²) in [7, 11) is -3.48. The van der Waals surface area contributed by atoms with Gasteiger partial charge in [-0.15, -0.1) is 0 Å². The van der Waals surface area contributed by atoms with Crippen LogP contribution in [0.2, 0.25) is 0 Å². The van der Waals surface area contributed by atoms with Crippen LogP contribution in [0.15, 0.2) is 47.4 Å². The van der Waals surface area contributed by atoms with Crippen molar-refractivity contribution >= 4 is 10.0 Å². The Morgan fingerprint density at radius 2 is 1.84 bits per heavy atom. The van der Waals surface area contributed by atoms with E-state index in [0.717, 1.165) is 0 Å². The topological polar surface area (TPSA) is 66.4 Å². The first kappa shape index (κ1) is 15.9. The van der Waals surface area contributed by atoms with Crippen molar-refractivity contribution < 1.29 is 13.5 Å². The Balaban J connectivity index is 2.69. The Morgan fingerprint density at radius 3 is 2.42 bits per heavy atom. The molecule has 2 N–H and O–H groups in total. The highest BCUT2D eigenvalue weighted by Gasteiger charge is 2.25.